The van der Waals surface area contributed by atoms with Gasteiger partial charge in [-0.1, -0.05) is 27.7 Å². The van der Waals surface area contributed by atoms with Gasteiger partial charge in [-0.15, -0.1) is 0 Å². The van der Waals surface area contributed by atoms with E-state index in [4.69, 9.17) is 0 Å². The van der Waals surface area contributed by atoms with Gasteiger partial charge in [-0.05, 0) is 44.1 Å². The lowest BCUT2D eigenvalue weighted by atomic mass is 10.1. The Morgan fingerprint density at radius 2 is 1.86 bits per heavy atom. The Bertz CT molecular complexity index is 461. The number of amides is 1. The van der Waals surface area contributed by atoms with Crippen molar-refractivity contribution in [2.75, 3.05) is 6.54 Å². The van der Waals surface area contributed by atoms with Gasteiger partial charge in [0, 0.05) is 25.2 Å². The molecular weight excluding hydrogens is 262 g/mol. The molecule has 0 aromatic carbocycles. The van der Waals surface area contributed by atoms with Gasteiger partial charge in [0.25, 0.3) is 0 Å². The molecular formula is C17H31N3O. The van der Waals surface area contributed by atoms with Crippen molar-refractivity contribution in [3.8, 4) is 0 Å². The molecule has 0 spiro atoms. The van der Waals surface area contributed by atoms with Crippen molar-refractivity contribution < 1.29 is 4.79 Å². The van der Waals surface area contributed by atoms with Crippen LogP contribution in [0, 0.1) is 25.7 Å². The molecule has 1 rings (SSSR count). The fourth-order valence-corrected chi connectivity index (χ4v) is 2.45. The first-order valence-electron chi connectivity index (χ1n) is 8.10. The highest BCUT2D eigenvalue weighted by Gasteiger charge is 2.13. The van der Waals surface area contributed by atoms with Crippen molar-refractivity contribution in [3.63, 3.8) is 0 Å². The van der Waals surface area contributed by atoms with Crippen molar-refractivity contribution in [1.29, 1.82) is 0 Å². The average molecular weight is 293 g/mol. The minimum atomic E-state index is 0.144. The van der Waals surface area contributed by atoms with Gasteiger partial charge in [-0.25, -0.2) is 0 Å². The molecule has 0 fully saturated rings. The minimum Gasteiger partial charge on any atom is -0.356 e. The Morgan fingerprint density at radius 1 is 1.19 bits per heavy atom. The summed E-state index contributed by atoms with van der Waals surface area (Å²) in [6, 6.07) is 0. The molecule has 1 heterocycles. The lowest BCUT2D eigenvalue weighted by molar-refractivity contribution is -0.121. The Morgan fingerprint density at radius 3 is 2.43 bits per heavy atom. The molecule has 0 aliphatic heterocycles. The molecule has 4 heteroatoms. The van der Waals surface area contributed by atoms with E-state index in [0.29, 0.717) is 18.3 Å². The normalized spacial score (nSPS) is 11.4. The van der Waals surface area contributed by atoms with Gasteiger partial charge < -0.3 is 5.32 Å². The second-order valence-electron chi connectivity index (χ2n) is 6.76. The predicted molar refractivity (Wildman–Crippen MR) is 87.3 cm³/mol. The van der Waals surface area contributed by atoms with Crippen molar-refractivity contribution >= 4 is 5.91 Å². The van der Waals surface area contributed by atoms with E-state index in [9.17, 15) is 4.79 Å². The van der Waals surface area contributed by atoms with Crippen LogP contribution in [0.3, 0.4) is 0 Å². The number of carbonyl (C=O) groups is 1. The number of aryl methyl sites for hydroxylation is 1. The van der Waals surface area contributed by atoms with E-state index in [1.165, 1.54) is 11.3 Å². The molecule has 0 radical (unpaired) electrons. The SMILES string of the molecule is Cc1nn(CC(C)C)c(C)c1CCC(=O)NCCC(C)C. The van der Waals surface area contributed by atoms with Crippen LogP contribution in [-0.2, 0) is 17.8 Å². The Balaban J connectivity index is 2.51. The minimum absolute atomic E-state index is 0.144. The average Bonchev–Trinajstić information content (AvgIpc) is 2.61. The number of aromatic nitrogens is 2. The second-order valence-corrected chi connectivity index (χ2v) is 6.76. The lowest BCUT2D eigenvalue weighted by Crippen LogP contribution is -2.25. The molecule has 0 saturated heterocycles. The smallest absolute Gasteiger partial charge is 0.220 e. The van der Waals surface area contributed by atoms with E-state index in [1.807, 2.05) is 6.92 Å². The third kappa shape index (κ3) is 5.90. The number of nitrogens with one attached hydrogen (secondary N) is 1. The summed E-state index contributed by atoms with van der Waals surface area (Å²) in [5.74, 6) is 1.35. The van der Waals surface area contributed by atoms with Crippen molar-refractivity contribution in [1.82, 2.24) is 15.1 Å². The van der Waals surface area contributed by atoms with Gasteiger partial charge in [0.1, 0.15) is 0 Å². The zero-order valence-electron chi connectivity index (χ0n) is 14.5. The molecule has 1 amide bonds. The highest BCUT2D eigenvalue weighted by atomic mass is 16.1. The lowest BCUT2D eigenvalue weighted by Gasteiger charge is -2.09. The molecule has 0 atom stereocenters. The predicted octanol–water partition coefficient (Wildman–Crippen LogP) is 3.25. The summed E-state index contributed by atoms with van der Waals surface area (Å²) < 4.78 is 2.08. The van der Waals surface area contributed by atoms with E-state index in [2.05, 4.69) is 49.7 Å². The maximum Gasteiger partial charge on any atom is 0.220 e. The van der Waals surface area contributed by atoms with Crippen molar-refractivity contribution in [3.05, 3.63) is 17.0 Å². The van der Waals surface area contributed by atoms with Gasteiger partial charge in [-0.2, -0.15) is 5.10 Å². The van der Waals surface area contributed by atoms with E-state index in [1.54, 1.807) is 0 Å². The van der Waals surface area contributed by atoms with Gasteiger partial charge in [0.05, 0.1) is 5.69 Å². The van der Waals surface area contributed by atoms with Crippen LogP contribution in [0.1, 0.15) is 57.5 Å². The first-order chi connectivity index (χ1) is 9.81. The van der Waals surface area contributed by atoms with Gasteiger partial charge >= 0.3 is 0 Å². The molecule has 0 aliphatic rings. The quantitative estimate of drug-likeness (QED) is 0.799. The van der Waals surface area contributed by atoms with Crippen LogP contribution in [0.2, 0.25) is 0 Å². The van der Waals surface area contributed by atoms with Crippen LogP contribution in [-0.4, -0.2) is 22.2 Å². The molecule has 1 aromatic heterocycles. The summed E-state index contributed by atoms with van der Waals surface area (Å²) in [7, 11) is 0. The Kier molecular flexibility index (Phi) is 6.93. The molecule has 21 heavy (non-hydrogen) atoms. The van der Waals surface area contributed by atoms with E-state index >= 15 is 0 Å². The van der Waals surface area contributed by atoms with Crippen LogP contribution < -0.4 is 5.32 Å². The first kappa shape index (κ1) is 17.7. The highest BCUT2D eigenvalue weighted by Crippen LogP contribution is 2.16. The van der Waals surface area contributed by atoms with E-state index < -0.39 is 0 Å². The maximum atomic E-state index is 11.9. The first-order valence-corrected chi connectivity index (χ1v) is 8.10. The largest absolute Gasteiger partial charge is 0.356 e. The number of nitrogens with zero attached hydrogens (tertiary/aromatic N) is 2. The maximum absolute atomic E-state index is 11.9. The Hall–Kier alpha value is -1.32. The molecule has 0 bridgehead atoms. The number of carbonyl (C=O) groups excluding carboxylic acids is 1. The summed E-state index contributed by atoms with van der Waals surface area (Å²) in [6.45, 7) is 14.6. The van der Waals surface area contributed by atoms with Crippen molar-refractivity contribution in [2.45, 2.75) is 67.3 Å². The summed E-state index contributed by atoms with van der Waals surface area (Å²) in [6.07, 6.45) is 2.37. The number of hydrogen-bond acceptors (Lipinski definition) is 2. The fraction of sp³-hybridized carbons (Fsp3) is 0.765. The summed E-state index contributed by atoms with van der Waals surface area (Å²) in [4.78, 5) is 11.9. The zero-order chi connectivity index (χ0) is 16.0. The third-order valence-electron chi connectivity index (χ3n) is 3.72. The van der Waals surface area contributed by atoms with Crippen molar-refractivity contribution in [2.24, 2.45) is 11.8 Å². The third-order valence-corrected chi connectivity index (χ3v) is 3.72. The Labute approximate surface area is 129 Å². The van der Waals surface area contributed by atoms with E-state index in [0.717, 1.165) is 31.6 Å². The van der Waals surface area contributed by atoms with E-state index in [-0.39, 0.29) is 5.91 Å². The summed E-state index contributed by atoms with van der Waals surface area (Å²) >= 11 is 0. The highest BCUT2D eigenvalue weighted by molar-refractivity contribution is 5.76. The summed E-state index contributed by atoms with van der Waals surface area (Å²) in [5.41, 5.74) is 3.49. The molecule has 1 aromatic rings. The van der Waals surface area contributed by atoms with Gasteiger partial charge in [-0.3, -0.25) is 9.48 Å². The van der Waals surface area contributed by atoms with Crippen LogP contribution in [0.5, 0.6) is 0 Å². The molecule has 120 valence electrons. The molecule has 1 N–H and O–H groups in total. The van der Waals surface area contributed by atoms with Gasteiger partial charge in [0.2, 0.25) is 5.91 Å². The molecule has 0 saturated carbocycles. The van der Waals surface area contributed by atoms with Crippen LogP contribution in [0.25, 0.3) is 0 Å². The molecule has 4 nitrogen and oxygen atoms in total. The topological polar surface area (TPSA) is 46.9 Å². The molecule has 0 aliphatic carbocycles. The fourth-order valence-electron chi connectivity index (χ4n) is 2.45. The van der Waals surface area contributed by atoms with Gasteiger partial charge in [0.15, 0.2) is 0 Å². The molecule has 0 unspecified atom stereocenters. The zero-order valence-corrected chi connectivity index (χ0v) is 14.5. The van der Waals surface area contributed by atoms with Crippen LogP contribution in [0.4, 0.5) is 0 Å². The number of rotatable bonds is 8. The van der Waals surface area contributed by atoms with Crippen LogP contribution >= 0.6 is 0 Å². The number of hydrogen-bond donors (Lipinski definition) is 1. The monoisotopic (exact) mass is 293 g/mol. The van der Waals surface area contributed by atoms with Crippen LogP contribution in [0.15, 0.2) is 0 Å². The summed E-state index contributed by atoms with van der Waals surface area (Å²) in [5, 5.41) is 7.59. The standard InChI is InChI=1S/C17H31N3O/c1-12(2)9-10-18-17(21)8-7-16-14(5)19-20(15(16)6)11-13(3)4/h12-13H,7-11H2,1-6H3,(H,18,21). The second kappa shape index (κ2) is 8.20.